The van der Waals surface area contributed by atoms with Crippen molar-refractivity contribution in [3.05, 3.63) is 16.6 Å². The smallest absolute Gasteiger partial charge is 0.303 e. The summed E-state index contributed by atoms with van der Waals surface area (Å²) in [6.45, 7) is 2.95. The molecule has 5 rings (SSSR count). The number of morpholine rings is 1. The van der Waals surface area contributed by atoms with Crippen LogP contribution in [0.5, 0.6) is 0 Å². The van der Waals surface area contributed by atoms with Crippen molar-refractivity contribution in [1.82, 2.24) is 10.3 Å². The van der Waals surface area contributed by atoms with Gasteiger partial charge in [-0.05, 0) is 12.8 Å². The van der Waals surface area contributed by atoms with Crippen molar-refractivity contribution in [3.8, 4) is 0 Å². The first kappa shape index (κ1) is 14.8. The summed E-state index contributed by atoms with van der Waals surface area (Å²) in [5.74, 6) is -0.162. The average molecular weight is 335 g/mol. The summed E-state index contributed by atoms with van der Waals surface area (Å²) in [5.41, 5.74) is -0.177. The Morgan fingerprint density at radius 1 is 1.21 bits per heavy atom. The summed E-state index contributed by atoms with van der Waals surface area (Å²) in [6.07, 6.45) is 4.82. The van der Waals surface area contributed by atoms with E-state index in [4.69, 9.17) is 9.37 Å². The van der Waals surface area contributed by atoms with E-state index in [1.165, 1.54) is 9.64 Å². The second kappa shape index (κ2) is 5.00. The number of aliphatic hydroxyl groups is 1. The maximum Gasteiger partial charge on any atom is 0.303 e. The molecule has 130 valence electrons. The standard InChI is InChI=1S/C16H22N4O4/c21-16-12-3-1-2-6-15(12,19-7-9-23-10-8-19)20(22)13(16)5-4-11-14(16)18-24-17-11/h12,21H,1-10H2/p+1/t12-,15-,16-/m1/s1. The van der Waals surface area contributed by atoms with Crippen LogP contribution in [0.4, 0.5) is 0 Å². The van der Waals surface area contributed by atoms with Crippen LogP contribution in [-0.2, 0) is 16.8 Å². The van der Waals surface area contributed by atoms with E-state index in [9.17, 15) is 10.3 Å². The Morgan fingerprint density at radius 3 is 2.88 bits per heavy atom. The van der Waals surface area contributed by atoms with Crippen LogP contribution in [0, 0.1) is 11.1 Å². The fourth-order valence-electron chi connectivity index (χ4n) is 5.66. The van der Waals surface area contributed by atoms with E-state index in [0.29, 0.717) is 43.2 Å². The van der Waals surface area contributed by atoms with Gasteiger partial charge in [0, 0.05) is 12.8 Å². The highest BCUT2D eigenvalue weighted by Gasteiger charge is 2.74. The summed E-state index contributed by atoms with van der Waals surface area (Å²) in [7, 11) is 0. The lowest BCUT2D eigenvalue weighted by Gasteiger charge is -2.44. The molecular formula is C16H23N4O4+. The van der Waals surface area contributed by atoms with Gasteiger partial charge in [0.2, 0.25) is 11.3 Å². The van der Waals surface area contributed by atoms with Crippen LogP contribution in [0.15, 0.2) is 4.63 Å². The van der Waals surface area contributed by atoms with Gasteiger partial charge in [-0.15, -0.1) is 0 Å². The quantitative estimate of drug-likeness (QED) is 0.503. The molecule has 2 N–H and O–H groups in total. The molecule has 8 heteroatoms. The molecule has 0 radical (unpaired) electrons. The third-order valence-corrected chi connectivity index (χ3v) is 6.65. The minimum absolute atomic E-state index is 0.162. The third-order valence-electron chi connectivity index (χ3n) is 6.65. The largest absolute Gasteiger partial charge is 0.619 e. The molecule has 1 saturated carbocycles. The molecule has 0 unspecified atom stereocenters. The fraction of sp³-hybridized carbons (Fsp3) is 0.812. The summed E-state index contributed by atoms with van der Waals surface area (Å²) < 4.78 is 11.6. The van der Waals surface area contributed by atoms with E-state index in [1.54, 1.807) is 0 Å². The van der Waals surface area contributed by atoms with Crippen LogP contribution in [0.3, 0.4) is 0 Å². The number of quaternary nitrogens is 1. The monoisotopic (exact) mass is 335 g/mol. The number of aromatic nitrogens is 2. The van der Waals surface area contributed by atoms with Crippen LogP contribution < -0.4 is 4.90 Å². The highest BCUT2D eigenvalue weighted by atomic mass is 16.6. The summed E-state index contributed by atoms with van der Waals surface area (Å²) >= 11 is 0. The summed E-state index contributed by atoms with van der Waals surface area (Å²) in [6, 6.07) is 0. The van der Waals surface area contributed by atoms with Gasteiger partial charge < -0.3 is 15.1 Å². The zero-order valence-corrected chi connectivity index (χ0v) is 13.7. The van der Waals surface area contributed by atoms with Gasteiger partial charge in [0.1, 0.15) is 24.7 Å². The molecule has 4 aliphatic rings. The number of fused-ring (bicyclic) bond motifs is 5. The Kier molecular flexibility index (Phi) is 3.08. The molecule has 1 aromatic rings. The van der Waals surface area contributed by atoms with Gasteiger partial charge in [0.25, 0.3) is 0 Å². The van der Waals surface area contributed by atoms with Gasteiger partial charge in [-0.25, -0.2) is 4.63 Å². The zero-order valence-electron chi connectivity index (χ0n) is 13.7. The number of nitrogens with zero attached hydrogens (tertiary/aromatic N) is 3. The SMILES string of the molecule is [O-][N+]1=C2CCc3nonc3[C@@]2(O)[C@@H]2CCCC[C@]21[NH+]1CCOCC1. The predicted octanol–water partition coefficient (Wildman–Crippen LogP) is -1.03. The Balaban J connectivity index is 1.69. The van der Waals surface area contributed by atoms with E-state index >= 15 is 0 Å². The van der Waals surface area contributed by atoms with Gasteiger partial charge in [0.15, 0.2) is 5.69 Å². The number of aryl methyl sites for hydroxylation is 1. The number of ether oxygens (including phenoxy) is 1. The van der Waals surface area contributed by atoms with Gasteiger partial charge in [-0.2, -0.15) is 4.74 Å². The predicted molar refractivity (Wildman–Crippen MR) is 81.4 cm³/mol. The zero-order chi connectivity index (χ0) is 16.4. The van der Waals surface area contributed by atoms with Crippen molar-refractivity contribution in [2.75, 3.05) is 26.3 Å². The maximum atomic E-state index is 13.5. The van der Waals surface area contributed by atoms with Crippen LogP contribution in [0.1, 0.15) is 43.5 Å². The van der Waals surface area contributed by atoms with Crippen molar-refractivity contribution < 1.29 is 24.1 Å². The van der Waals surface area contributed by atoms with Crippen LogP contribution >= 0.6 is 0 Å². The van der Waals surface area contributed by atoms with Crippen molar-refractivity contribution in [2.24, 2.45) is 5.92 Å². The Morgan fingerprint density at radius 2 is 2.04 bits per heavy atom. The van der Waals surface area contributed by atoms with E-state index in [2.05, 4.69) is 10.3 Å². The van der Waals surface area contributed by atoms with Crippen molar-refractivity contribution in [3.63, 3.8) is 0 Å². The fourth-order valence-corrected chi connectivity index (χ4v) is 5.66. The van der Waals surface area contributed by atoms with Crippen LogP contribution in [-0.4, -0.2) is 57.8 Å². The molecule has 24 heavy (non-hydrogen) atoms. The van der Waals surface area contributed by atoms with Gasteiger partial charge in [-0.3, -0.25) is 4.90 Å². The second-order valence-corrected chi connectivity index (χ2v) is 7.51. The second-order valence-electron chi connectivity index (χ2n) is 7.51. The molecule has 0 aromatic carbocycles. The normalized spacial score (nSPS) is 39.5. The maximum absolute atomic E-state index is 13.5. The summed E-state index contributed by atoms with van der Waals surface area (Å²) in [4.78, 5) is 1.25. The Hall–Kier alpha value is -1.51. The van der Waals surface area contributed by atoms with Gasteiger partial charge >= 0.3 is 5.66 Å². The van der Waals surface area contributed by atoms with Crippen LogP contribution in [0.25, 0.3) is 0 Å². The van der Waals surface area contributed by atoms with Crippen LogP contribution in [0.2, 0.25) is 0 Å². The van der Waals surface area contributed by atoms with E-state index in [-0.39, 0.29) is 5.92 Å². The highest BCUT2D eigenvalue weighted by Crippen LogP contribution is 2.52. The summed E-state index contributed by atoms with van der Waals surface area (Å²) in [5, 5.41) is 33.2. The first-order valence-electron chi connectivity index (χ1n) is 9.00. The lowest BCUT2D eigenvalue weighted by atomic mass is 9.66. The molecule has 3 atom stereocenters. The lowest BCUT2D eigenvalue weighted by molar-refractivity contribution is -1.05. The first-order valence-corrected chi connectivity index (χ1v) is 9.00. The molecular weight excluding hydrogens is 312 g/mol. The molecule has 2 aliphatic carbocycles. The lowest BCUT2D eigenvalue weighted by Crippen LogP contribution is -3.24. The minimum Gasteiger partial charge on any atom is -0.619 e. The van der Waals surface area contributed by atoms with Gasteiger partial charge in [0.05, 0.1) is 19.6 Å². The van der Waals surface area contributed by atoms with E-state index < -0.39 is 11.3 Å². The Bertz CT molecular complexity index is 698. The number of rotatable bonds is 1. The molecule has 3 heterocycles. The molecule has 8 nitrogen and oxygen atoms in total. The van der Waals surface area contributed by atoms with E-state index in [1.807, 2.05) is 0 Å². The highest BCUT2D eigenvalue weighted by molar-refractivity contribution is 5.92. The number of hydroxylamine groups is 1. The Labute approximate surface area is 139 Å². The molecule has 0 bridgehead atoms. The van der Waals surface area contributed by atoms with Gasteiger partial charge in [-0.1, -0.05) is 16.7 Å². The minimum atomic E-state index is -1.32. The molecule has 2 fully saturated rings. The number of nitrogens with one attached hydrogen (secondary N) is 1. The average Bonchev–Trinajstić information content (AvgIpc) is 3.18. The molecule has 1 aromatic heterocycles. The number of hydrogen-bond acceptors (Lipinski definition) is 6. The molecule has 0 spiro atoms. The topological polar surface area (TPSA) is 98.9 Å². The van der Waals surface area contributed by atoms with Crippen molar-refractivity contribution >= 4 is 5.71 Å². The van der Waals surface area contributed by atoms with Crippen molar-refractivity contribution in [1.29, 1.82) is 0 Å². The molecule has 0 amide bonds. The first-order chi connectivity index (χ1) is 11.7. The molecule has 1 saturated heterocycles. The van der Waals surface area contributed by atoms with E-state index in [0.717, 1.165) is 38.8 Å². The molecule has 2 aliphatic heterocycles. The van der Waals surface area contributed by atoms with Crippen molar-refractivity contribution in [2.45, 2.75) is 49.8 Å². The number of hydrogen-bond donors (Lipinski definition) is 2. The third kappa shape index (κ3) is 1.61.